The van der Waals surface area contributed by atoms with Crippen LogP contribution in [0, 0.1) is 5.92 Å². The molecule has 1 aromatic carbocycles. The number of benzene rings is 1. The first-order valence-electron chi connectivity index (χ1n) is 18.7. The molecule has 3 atom stereocenters. The second kappa shape index (κ2) is 19.1. The Balaban J connectivity index is 0.00000126. The molecule has 2 amide bonds. The van der Waals surface area contributed by atoms with Crippen LogP contribution >= 0.6 is 28.4 Å². The third kappa shape index (κ3) is 13.9. The predicted octanol–water partition coefficient (Wildman–Crippen LogP) is 7.82. The molecule has 4 aromatic rings. The number of fused-ring (bicyclic) bond motifs is 1. The van der Waals surface area contributed by atoms with Gasteiger partial charge in [-0.2, -0.15) is 5.10 Å². The van der Waals surface area contributed by atoms with Crippen molar-refractivity contribution < 1.29 is 29.3 Å². The van der Waals surface area contributed by atoms with Crippen molar-refractivity contribution in [3.05, 3.63) is 60.7 Å². The summed E-state index contributed by atoms with van der Waals surface area (Å²) in [4.78, 5) is 39.3. The van der Waals surface area contributed by atoms with E-state index in [9.17, 15) is 9.59 Å². The number of anilines is 1. The second-order valence-electron chi connectivity index (χ2n) is 16.4. The number of carbonyl (C=O) groups excluding carboxylic acids is 2. The van der Waals surface area contributed by atoms with Gasteiger partial charge in [0.2, 0.25) is 0 Å². The molecule has 0 radical (unpaired) electrons. The highest BCUT2D eigenvalue weighted by atomic mass is 127. The largest absolute Gasteiger partial charge is 0.444 e. The normalized spacial score (nSPS) is 16.3. The van der Waals surface area contributed by atoms with Gasteiger partial charge < -0.3 is 39.8 Å². The maximum Gasteiger partial charge on any atom is 0.410 e. The summed E-state index contributed by atoms with van der Waals surface area (Å²) in [5.41, 5.74) is 9.11. The van der Waals surface area contributed by atoms with Gasteiger partial charge in [-0.3, -0.25) is 0 Å². The van der Waals surface area contributed by atoms with Gasteiger partial charge in [-0.25, -0.2) is 24.0 Å². The van der Waals surface area contributed by atoms with Crippen LogP contribution in [0.15, 0.2) is 55.1 Å². The summed E-state index contributed by atoms with van der Waals surface area (Å²) in [6, 6.07) is 12.3. The zero-order chi connectivity index (χ0) is 40.6. The number of hydrogen-bond acceptors (Lipinski definition) is 10. The minimum absolute atomic E-state index is 0.185. The molecule has 14 nitrogen and oxygen atoms in total. The first-order valence-corrected chi connectivity index (χ1v) is 22.7. The minimum atomic E-state index is -1.50. The van der Waals surface area contributed by atoms with E-state index in [1.165, 1.54) is 20.2 Å². The Hall–Kier alpha value is -3.53. The molecule has 0 aliphatic heterocycles. The number of carbonyl (C=O) groups is 2. The van der Waals surface area contributed by atoms with E-state index in [0.717, 1.165) is 47.1 Å². The number of rotatable bonds is 12. The van der Waals surface area contributed by atoms with Crippen molar-refractivity contribution in [1.29, 1.82) is 0 Å². The number of hydrogen-bond donors (Lipinski definition) is 3. The maximum atomic E-state index is 13.6. The molecule has 1 fully saturated rings. The van der Waals surface area contributed by atoms with Crippen molar-refractivity contribution in [2.24, 2.45) is 5.92 Å². The lowest BCUT2D eigenvalue weighted by Crippen LogP contribution is -2.42. The Morgan fingerprint density at radius 1 is 0.927 bits per heavy atom. The van der Waals surface area contributed by atoms with Crippen molar-refractivity contribution in [3.8, 4) is 11.3 Å². The molecule has 3 unspecified atom stereocenters. The van der Waals surface area contributed by atoms with Gasteiger partial charge in [0, 0.05) is 50.2 Å². The van der Waals surface area contributed by atoms with Gasteiger partial charge in [-0.05, 0) is 127 Å². The lowest BCUT2D eigenvalue weighted by molar-refractivity contribution is -0.127. The fraction of sp³-hybridized carbons (Fsp3) is 0.564. The maximum absolute atomic E-state index is 13.6. The molecule has 0 spiro atoms. The van der Waals surface area contributed by atoms with Crippen molar-refractivity contribution in [3.63, 3.8) is 0 Å². The van der Waals surface area contributed by atoms with E-state index < -0.39 is 17.0 Å². The number of ether oxygens (including phenoxy) is 2. The summed E-state index contributed by atoms with van der Waals surface area (Å²) in [5, 5.41) is 21.5. The highest BCUT2D eigenvalue weighted by molar-refractivity contribution is 14.2. The number of halogens is 1. The van der Waals surface area contributed by atoms with Crippen LogP contribution in [0.3, 0.4) is 0 Å². The molecule has 55 heavy (non-hydrogen) atoms. The molecule has 16 heteroatoms. The standard InChI is InChI=1S/C36H50IN8O4P.C3H8O2/c1-35(2,3)48-33(46)42(20-16-25-11-8-7-9-12-25)18-10-19-43(34(47)49-36(4,5)6)22-26-13-14-27(21-26)44-23-28(29-15-17-41-45(29)50-37)30-31(38)39-24-40-32(30)44;1-3(2,4)5/h7-9,11-12,15,17,23-24,26-27,50H,10,13-14,16,18-22H2,1-6H3,(H2,38,39,40);4-5H,1-2H3. The van der Waals surface area contributed by atoms with E-state index in [-0.39, 0.29) is 24.1 Å². The van der Waals surface area contributed by atoms with Crippen molar-refractivity contribution >= 4 is 57.5 Å². The van der Waals surface area contributed by atoms with E-state index in [1.807, 2.05) is 75.2 Å². The topological polar surface area (TPSA) is 174 Å². The fourth-order valence-corrected chi connectivity index (χ4v) is 8.05. The first-order chi connectivity index (χ1) is 25.7. The van der Waals surface area contributed by atoms with Crippen LogP contribution in [-0.4, -0.2) is 99.5 Å². The molecular weight excluding hydrogens is 834 g/mol. The van der Waals surface area contributed by atoms with E-state index in [0.29, 0.717) is 51.2 Å². The summed E-state index contributed by atoms with van der Waals surface area (Å²) < 4.78 is 15.8. The molecule has 5 rings (SSSR count). The molecule has 1 aliphatic carbocycles. The summed E-state index contributed by atoms with van der Waals surface area (Å²) in [6.07, 6.45) is 9.30. The second-order valence-corrected chi connectivity index (χ2v) is 18.5. The smallest absolute Gasteiger partial charge is 0.410 e. The molecule has 3 heterocycles. The first kappa shape index (κ1) is 44.2. The van der Waals surface area contributed by atoms with Gasteiger partial charge in [0.05, 0.1) is 17.5 Å². The van der Waals surface area contributed by atoms with Crippen LogP contribution < -0.4 is 5.73 Å². The highest BCUT2D eigenvalue weighted by Crippen LogP contribution is 2.42. The summed E-state index contributed by atoms with van der Waals surface area (Å²) in [7, 11) is 0. The van der Waals surface area contributed by atoms with Gasteiger partial charge in [0.1, 0.15) is 29.0 Å². The molecule has 0 saturated heterocycles. The van der Waals surface area contributed by atoms with E-state index in [1.54, 1.807) is 11.1 Å². The molecule has 302 valence electrons. The average Bonchev–Trinajstić information content (AvgIpc) is 3.82. The van der Waals surface area contributed by atoms with E-state index >= 15 is 0 Å². The Morgan fingerprint density at radius 3 is 2.16 bits per heavy atom. The Morgan fingerprint density at radius 2 is 1.55 bits per heavy atom. The zero-order valence-electron chi connectivity index (χ0n) is 33.3. The number of aliphatic hydroxyl groups is 2. The van der Waals surface area contributed by atoms with Crippen LogP contribution in [0.25, 0.3) is 22.3 Å². The van der Waals surface area contributed by atoms with Crippen LogP contribution in [-0.2, 0) is 15.9 Å². The third-order valence-corrected chi connectivity index (χ3v) is 10.6. The molecule has 1 saturated carbocycles. The van der Waals surface area contributed by atoms with Crippen molar-refractivity contribution in [1.82, 2.24) is 33.9 Å². The van der Waals surface area contributed by atoms with Crippen LogP contribution in [0.5, 0.6) is 0 Å². The zero-order valence-corrected chi connectivity index (χ0v) is 36.5. The lowest BCUT2D eigenvalue weighted by atomic mass is 10.1. The minimum Gasteiger partial charge on any atom is -0.444 e. The van der Waals surface area contributed by atoms with Crippen LogP contribution in [0.2, 0.25) is 0 Å². The van der Waals surface area contributed by atoms with Gasteiger partial charge in [0.15, 0.2) is 5.79 Å². The van der Waals surface area contributed by atoms with Gasteiger partial charge in [-0.1, -0.05) is 30.3 Å². The van der Waals surface area contributed by atoms with E-state index in [2.05, 4.69) is 60.0 Å². The molecular formula is C39H58IN8O6P. The molecule has 3 aromatic heterocycles. The molecule has 1 aliphatic rings. The molecule has 0 bridgehead atoms. The van der Waals surface area contributed by atoms with Gasteiger partial charge >= 0.3 is 12.2 Å². The van der Waals surface area contributed by atoms with Gasteiger partial charge in [-0.15, -0.1) is 0 Å². The third-order valence-electron chi connectivity index (χ3n) is 8.70. The predicted molar refractivity (Wildman–Crippen MR) is 226 cm³/mol. The number of nitrogens with two attached hydrogens (primary N) is 1. The quantitative estimate of drug-likeness (QED) is 0.0723. The molecule has 4 N–H and O–H groups in total. The number of amides is 2. The average molecular weight is 893 g/mol. The van der Waals surface area contributed by atoms with E-state index in [4.69, 9.17) is 25.4 Å². The van der Waals surface area contributed by atoms with Crippen LogP contribution in [0.4, 0.5) is 15.4 Å². The number of nitrogen functional groups attached to an aromatic ring is 1. The van der Waals surface area contributed by atoms with Gasteiger partial charge in [0.25, 0.3) is 0 Å². The monoisotopic (exact) mass is 892 g/mol. The number of aromatic nitrogens is 5. The van der Waals surface area contributed by atoms with Crippen molar-refractivity contribution in [2.75, 3.05) is 31.9 Å². The van der Waals surface area contributed by atoms with Crippen molar-refractivity contribution in [2.45, 2.75) is 111 Å². The fourth-order valence-electron chi connectivity index (χ4n) is 6.50. The lowest BCUT2D eigenvalue weighted by Gasteiger charge is -2.31. The Kier molecular flexibility index (Phi) is 15.3. The highest BCUT2D eigenvalue weighted by Gasteiger charge is 2.33. The Bertz CT molecular complexity index is 1840. The summed E-state index contributed by atoms with van der Waals surface area (Å²) >= 11 is 2.32. The number of nitrogens with zero attached hydrogens (tertiary/aromatic N) is 7. The SMILES string of the molecule is CC(C)(C)OC(=O)N(CCCN(CC1CCC(n2cc(-c3ccnn3PI)c3c(N)ncnc32)C1)C(=O)OC(C)(C)C)CCc1ccccc1.CC(C)(O)O. The Labute approximate surface area is 339 Å². The summed E-state index contributed by atoms with van der Waals surface area (Å²) in [6.45, 7) is 15.9. The van der Waals surface area contributed by atoms with Crippen LogP contribution in [0.1, 0.15) is 92.7 Å². The summed E-state index contributed by atoms with van der Waals surface area (Å²) in [5.74, 6) is -0.794.